The van der Waals surface area contributed by atoms with Crippen LogP contribution in [-0.4, -0.2) is 15.6 Å². The van der Waals surface area contributed by atoms with Gasteiger partial charge in [-0.15, -0.1) is 0 Å². The second kappa shape index (κ2) is 4.62. The van der Waals surface area contributed by atoms with Gasteiger partial charge in [0, 0.05) is 23.6 Å². The van der Waals surface area contributed by atoms with Gasteiger partial charge in [-0.3, -0.25) is 4.79 Å². The van der Waals surface area contributed by atoms with Crippen molar-refractivity contribution in [3.05, 3.63) is 36.0 Å². The molecule has 90 valence electrons. The Morgan fingerprint density at radius 1 is 1.41 bits per heavy atom. The highest BCUT2D eigenvalue weighted by Gasteiger charge is 2.17. The van der Waals surface area contributed by atoms with Crippen molar-refractivity contribution in [3.8, 4) is 0 Å². The maximum absolute atomic E-state index is 11.1. The molecule has 0 aliphatic rings. The normalized spacial score (nSPS) is 12.8. The largest absolute Gasteiger partial charge is 0.481 e. The summed E-state index contributed by atoms with van der Waals surface area (Å²) in [7, 11) is 0. The highest BCUT2D eigenvalue weighted by atomic mass is 16.4. The first-order chi connectivity index (χ1) is 8.15. The summed E-state index contributed by atoms with van der Waals surface area (Å²) in [4.78, 5) is 11.1. The van der Waals surface area contributed by atoms with Crippen LogP contribution in [0.4, 0.5) is 0 Å². The third kappa shape index (κ3) is 2.05. The molecule has 2 aromatic rings. The Hall–Kier alpha value is -1.77. The Labute approximate surface area is 101 Å². The van der Waals surface area contributed by atoms with E-state index in [-0.39, 0.29) is 0 Å². The lowest BCUT2D eigenvalue weighted by molar-refractivity contribution is -0.138. The van der Waals surface area contributed by atoms with Gasteiger partial charge in [0.2, 0.25) is 0 Å². The molecule has 1 aromatic carbocycles. The Bertz CT molecular complexity index is 542. The van der Waals surface area contributed by atoms with Crippen molar-refractivity contribution in [1.29, 1.82) is 0 Å². The fraction of sp³-hybridized carbons (Fsp3) is 0.357. The van der Waals surface area contributed by atoms with Gasteiger partial charge in [0.1, 0.15) is 0 Å². The number of nitrogens with zero attached hydrogens (tertiary/aromatic N) is 1. The van der Waals surface area contributed by atoms with E-state index >= 15 is 0 Å². The summed E-state index contributed by atoms with van der Waals surface area (Å²) in [6.07, 6.45) is 3.11. The van der Waals surface area contributed by atoms with Gasteiger partial charge in [0.25, 0.3) is 0 Å². The predicted molar refractivity (Wildman–Crippen MR) is 68.3 cm³/mol. The molecule has 17 heavy (non-hydrogen) atoms. The zero-order valence-electron chi connectivity index (χ0n) is 10.2. The maximum Gasteiger partial charge on any atom is 0.310 e. The molecule has 0 aliphatic heterocycles. The third-order valence-electron chi connectivity index (χ3n) is 3.15. The lowest BCUT2D eigenvalue weighted by Gasteiger charge is -2.09. The van der Waals surface area contributed by atoms with Crippen LogP contribution in [0.1, 0.15) is 31.7 Å². The highest BCUT2D eigenvalue weighted by Crippen LogP contribution is 2.26. The Morgan fingerprint density at radius 3 is 2.82 bits per heavy atom. The molecule has 1 heterocycles. The van der Waals surface area contributed by atoms with Crippen molar-refractivity contribution in [2.75, 3.05) is 0 Å². The van der Waals surface area contributed by atoms with E-state index < -0.39 is 11.9 Å². The van der Waals surface area contributed by atoms with Gasteiger partial charge in [-0.1, -0.05) is 19.1 Å². The number of carbonyl (C=O) groups is 1. The minimum atomic E-state index is -0.777. The summed E-state index contributed by atoms with van der Waals surface area (Å²) in [5.74, 6) is -1.24. The van der Waals surface area contributed by atoms with Crippen LogP contribution in [-0.2, 0) is 11.3 Å². The standard InChI is InChI=1S/C14H17NO2/c1-3-8-15-9-7-12-11(10(2)14(16)17)5-4-6-13(12)15/h4-7,9-10H,3,8H2,1-2H3,(H,16,17). The maximum atomic E-state index is 11.1. The molecule has 0 aliphatic carbocycles. The minimum Gasteiger partial charge on any atom is -0.481 e. The van der Waals surface area contributed by atoms with Crippen LogP contribution < -0.4 is 0 Å². The average Bonchev–Trinajstić information content (AvgIpc) is 2.72. The smallest absolute Gasteiger partial charge is 0.310 e. The molecule has 0 bridgehead atoms. The minimum absolute atomic E-state index is 0.462. The summed E-state index contributed by atoms with van der Waals surface area (Å²) in [6, 6.07) is 7.89. The van der Waals surface area contributed by atoms with E-state index in [4.69, 9.17) is 5.11 Å². The fourth-order valence-electron chi connectivity index (χ4n) is 2.19. The second-order valence-electron chi connectivity index (χ2n) is 4.35. The van der Waals surface area contributed by atoms with E-state index in [1.807, 2.05) is 30.5 Å². The molecule has 3 heteroatoms. The van der Waals surface area contributed by atoms with E-state index in [0.29, 0.717) is 0 Å². The van der Waals surface area contributed by atoms with Gasteiger partial charge >= 0.3 is 5.97 Å². The zero-order valence-corrected chi connectivity index (χ0v) is 10.2. The van der Waals surface area contributed by atoms with Crippen molar-refractivity contribution in [2.45, 2.75) is 32.7 Å². The van der Waals surface area contributed by atoms with Crippen molar-refractivity contribution in [3.63, 3.8) is 0 Å². The number of hydrogen-bond donors (Lipinski definition) is 1. The molecular formula is C14H17NO2. The molecule has 1 atom stereocenters. The molecule has 1 aromatic heterocycles. The number of hydrogen-bond acceptors (Lipinski definition) is 1. The number of aromatic nitrogens is 1. The molecule has 0 spiro atoms. The van der Waals surface area contributed by atoms with Crippen molar-refractivity contribution in [1.82, 2.24) is 4.57 Å². The number of rotatable bonds is 4. The van der Waals surface area contributed by atoms with Gasteiger partial charge in [-0.2, -0.15) is 0 Å². The van der Waals surface area contributed by atoms with Crippen LogP contribution >= 0.6 is 0 Å². The zero-order chi connectivity index (χ0) is 12.4. The van der Waals surface area contributed by atoms with Crippen LogP contribution in [0.15, 0.2) is 30.5 Å². The first-order valence-corrected chi connectivity index (χ1v) is 5.95. The number of aliphatic carboxylic acids is 1. The van der Waals surface area contributed by atoms with Gasteiger partial charge in [0.05, 0.1) is 5.92 Å². The lowest BCUT2D eigenvalue weighted by Crippen LogP contribution is -2.07. The summed E-state index contributed by atoms with van der Waals surface area (Å²) in [5, 5.41) is 10.1. The molecule has 2 rings (SSSR count). The fourth-order valence-corrected chi connectivity index (χ4v) is 2.19. The van der Waals surface area contributed by atoms with Crippen molar-refractivity contribution < 1.29 is 9.90 Å². The van der Waals surface area contributed by atoms with E-state index in [1.165, 1.54) is 0 Å². The molecule has 0 fully saturated rings. The molecule has 0 saturated carbocycles. The van der Waals surface area contributed by atoms with Gasteiger partial charge in [0.15, 0.2) is 0 Å². The SMILES string of the molecule is CCCn1ccc2c(C(C)C(=O)O)cccc21. The molecule has 0 saturated heterocycles. The number of carboxylic acid groups (broad SMARTS) is 1. The molecular weight excluding hydrogens is 214 g/mol. The number of carboxylic acids is 1. The van der Waals surface area contributed by atoms with Crippen LogP contribution in [0.2, 0.25) is 0 Å². The predicted octanol–water partition coefficient (Wildman–Crippen LogP) is 3.24. The molecule has 0 radical (unpaired) electrons. The monoisotopic (exact) mass is 231 g/mol. The van der Waals surface area contributed by atoms with Gasteiger partial charge in [-0.25, -0.2) is 0 Å². The summed E-state index contributed by atoms with van der Waals surface area (Å²) >= 11 is 0. The lowest BCUT2D eigenvalue weighted by atomic mass is 9.98. The first-order valence-electron chi connectivity index (χ1n) is 5.95. The molecule has 0 amide bonds. The Kier molecular flexibility index (Phi) is 3.18. The van der Waals surface area contributed by atoms with Crippen LogP contribution in [0, 0.1) is 0 Å². The number of fused-ring (bicyclic) bond motifs is 1. The van der Waals surface area contributed by atoms with Crippen LogP contribution in [0.3, 0.4) is 0 Å². The number of aryl methyl sites for hydroxylation is 1. The van der Waals surface area contributed by atoms with E-state index in [1.54, 1.807) is 6.92 Å². The third-order valence-corrected chi connectivity index (χ3v) is 3.15. The van der Waals surface area contributed by atoms with Crippen LogP contribution in [0.25, 0.3) is 10.9 Å². The van der Waals surface area contributed by atoms with E-state index in [9.17, 15) is 4.79 Å². The summed E-state index contributed by atoms with van der Waals surface area (Å²) in [5.41, 5.74) is 2.02. The van der Waals surface area contributed by atoms with Crippen molar-refractivity contribution in [2.24, 2.45) is 0 Å². The topological polar surface area (TPSA) is 42.2 Å². The molecule has 1 unspecified atom stereocenters. The number of benzene rings is 1. The quantitative estimate of drug-likeness (QED) is 0.877. The van der Waals surface area contributed by atoms with Crippen molar-refractivity contribution >= 4 is 16.9 Å². The first kappa shape index (κ1) is 11.7. The highest BCUT2D eigenvalue weighted by molar-refractivity contribution is 5.89. The van der Waals surface area contributed by atoms with E-state index in [0.717, 1.165) is 29.4 Å². The second-order valence-corrected chi connectivity index (χ2v) is 4.35. The summed E-state index contributed by atoms with van der Waals surface area (Å²) < 4.78 is 2.17. The van der Waals surface area contributed by atoms with Crippen LogP contribution in [0.5, 0.6) is 0 Å². The van der Waals surface area contributed by atoms with Gasteiger partial charge in [-0.05, 0) is 31.0 Å². The van der Waals surface area contributed by atoms with Gasteiger partial charge < -0.3 is 9.67 Å². The summed E-state index contributed by atoms with van der Waals surface area (Å²) in [6.45, 7) is 4.83. The molecule has 3 nitrogen and oxygen atoms in total. The Morgan fingerprint density at radius 2 is 2.18 bits per heavy atom. The van der Waals surface area contributed by atoms with E-state index in [2.05, 4.69) is 11.5 Å². The Balaban J connectivity index is 2.55. The molecule has 1 N–H and O–H groups in total. The average molecular weight is 231 g/mol.